The fraction of sp³-hybridized carbons (Fsp3) is 0.462. The van der Waals surface area contributed by atoms with Crippen LogP contribution in [0.25, 0.3) is 0 Å². The summed E-state index contributed by atoms with van der Waals surface area (Å²) in [6.07, 6.45) is 1.22. The Morgan fingerprint density at radius 1 is 1.29 bits per heavy atom. The summed E-state index contributed by atoms with van der Waals surface area (Å²) in [7, 11) is 0. The zero-order valence-corrected chi connectivity index (χ0v) is 11.5. The van der Waals surface area contributed by atoms with Crippen LogP contribution in [0.1, 0.15) is 32.3 Å². The van der Waals surface area contributed by atoms with Gasteiger partial charge in [0.15, 0.2) is 0 Å². The third kappa shape index (κ3) is 3.35. The van der Waals surface area contributed by atoms with Gasteiger partial charge in [0.1, 0.15) is 17.4 Å². The molecule has 0 atom stereocenters. The van der Waals surface area contributed by atoms with Crippen molar-refractivity contribution in [2.75, 3.05) is 0 Å². The Hall–Kier alpha value is -0.770. The van der Waals surface area contributed by atoms with Gasteiger partial charge in [-0.05, 0) is 40.9 Å². The van der Waals surface area contributed by atoms with Gasteiger partial charge in [-0.3, -0.25) is 4.79 Å². The van der Waals surface area contributed by atoms with Gasteiger partial charge in [0.2, 0.25) is 0 Å². The van der Waals surface area contributed by atoms with Crippen molar-refractivity contribution in [2.24, 2.45) is 5.92 Å². The molecular weight excluding hydrogens is 290 g/mol. The third-order valence-corrected chi connectivity index (χ3v) is 3.54. The first-order chi connectivity index (χ1) is 8.01. The first kappa shape index (κ1) is 14.3. The molecule has 0 unspecified atom stereocenters. The zero-order chi connectivity index (χ0) is 13.0. The average molecular weight is 305 g/mol. The normalized spacial score (nSPS) is 10.9. The highest BCUT2D eigenvalue weighted by Gasteiger charge is 2.20. The quantitative estimate of drug-likeness (QED) is 0.742. The minimum absolute atomic E-state index is 0.106. The molecule has 0 saturated heterocycles. The van der Waals surface area contributed by atoms with E-state index in [0.29, 0.717) is 12.8 Å². The predicted octanol–water partition coefficient (Wildman–Crippen LogP) is 4.28. The number of ketones is 1. The largest absolute Gasteiger partial charge is 0.299 e. The maximum atomic E-state index is 13.7. The van der Waals surface area contributed by atoms with Crippen molar-refractivity contribution in [3.8, 4) is 0 Å². The van der Waals surface area contributed by atoms with Gasteiger partial charge in [0, 0.05) is 17.9 Å². The molecule has 0 aliphatic carbocycles. The molecule has 1 rings (SSSR count). The van der Waals surface area contributed by atoms with Crippen LogP contribution in [0.5, 0.6) is 0 Å². The summed E-state index contributed by atoms with van der Waals surface area (Å²) in [5, 5.41) is 0. The van der Waals surface area contributed by atoms with Gasteiger partial charge >= 0.3 is 0 Å². The van der Waals surface area contributed by atoms with Crippen LogP contribution in [0.2, 0.25) is 0 Å². The van der Waals surface area contributed by atoms with Gasteiger partial charge in [0.05, 0.1) is 4.47 Å². The molecule has 17 heavy (non-hydrogen) atoms. The molecule has 1 aromatic rings. The topological polar surface area (TPSA) is 17.1 Å². The Balaban J connectivity index is 2.95. The zero-order valence-electron chi connectivity index (χ0n) is 9.90. The summed E-state index contributed by atoms with van der Waals surface area (Å²) in [5.41, 5.74) is -0.142. The van der Waals surface area contributed by atoms with Crippen molar-refractivity contribution >= 4 is 21.7 Å². The second-order valence-electron chi connectivity index (χ2n) is 3.98. The van der Waals surface area contributed by atoms with Crippen molar-refractivity contribution in [3.05, 3.63) is 33.8 Å². The van der Waals surface area contributed by atoms with Gasteiger partial charge in [-0.2, -0.15) is 0 Å². The number of rotatable bonds is 5. The first-order valence-corrected chi connectivity index (χ1v) is 6.45. The Kier molecular flexibility index (Phi) is 5.25. The van der Waals surface area contributed by atoms with E-state index in [9.17, 15) is 13.6 Å². The van der Waals surface area contributed by atoms with Crippen molar-refractivity contribution in [3.63, 3.8) is 0 Å². The third-order valence-electron chi connectivity index (χ3n) is 2.93. The SMILES string of the molecule is CCC(CC)C(=O)Cc1c(F)ccc(Br)c1F. The summed E-state index contributed by atoms with van der Waals surface area (Å²) < 4.78 is 27.3. The van der Waals surface area contributed by atoms with Crippen LogP contribution in [-0.4, -0.2) is 5.78 Å². The first-order valence-electron chi connectivity index (χ1n) is 5.66. The molecule has 0 aliphatic heterocycles. The molecule has 0 amide bonds. The Morgan fingerprint density at radius 3 is 2.41 bits per heavy atom. The fourth-order valence-electron chi connectivity index (χ4n) is 1.79. The van der Waals surface area contributed by atoms with Gasteiger partial charge in [0.25, 0.3) is 0 Å². The average Bonchev–Trinajstić information content (AvgIpc) is 2.31. The van der Waals surface area contributed by atoms with E-state index in [1.807, 2.05) is 13.8 Å². The highest BCUT2D eigenvalue weighted by molar-refractivity contribution is 9.10. The number of Topliss-reactive ketones (excluding diaryl/α,β-unsaturated/α-hetero) is 1. The van der Waals surface area contributed by atoms with Crippen LogP contribution in [0, 0.1) is 17.6 Å². The van der Waals surface area contributed by atoms with Crippen molar-refractivity contribution in [1.82, 2.24) is 0 Å². The standard InChI is InChI=1S/C13H15BrF2O/c1-3-8(4-2)12(17)7-9-11(15)6-5-10(14)13(9)16/h5-6,8H,3-4,7H2,1-2H3. The molecule has 4 heteroatoms. The van der Waals surface area contributed by atoms with Crippen LogP contribution in [0.4, 0.5) is 8.78 Å². The van der Waals surface area contributed by atoms with E-state index in [2.05, 4.69) is 15.9 Å². The highest BCUT2D eigenvalue weighted by Crippen LogP contribution is 2.23. The number of carbonyl (C=O) groups is 1. The van der Waals surface area contributed by atoms with E-state index >= 15 is 0 Å². The number of hydrogen-bond donors (Lipinski definition) is 0. The van der Waals surface area contributed by atoms with Crippen LogP contribution in [-0.2, 0) is 11.2 Å². The van der Waals surface area contributed by atoms with E-state index in [-0.39, 0.29) is 28.2 Å². The van der Waals surface area contributed by atoms with E-state index < -0.39 is 11.6 Å². The summed E-state index contributed by atoms with van der Waals surface area (Å²) >= 11 is 2.99. The van der Waals surface area contributed by atoms with Gasteiger partial charge < -0.3 is 0 Å². The Labute approximate surface area is 108 Å². The number of carbonyl (C=O) groups excluding carboxylic acids is 1. The van der Waals surface area contributed by atoms with Crippen LogP contribution in [0.15, 0.2) is 16.6 Å². The maximum absolute atomic E-state index is 13.7. The lowest BCUT2D eigenvalue weighted by atomic mass is 9.93. The summed E-state index contributed by atoms with van der Waals surface area (Å²) in [5.74, 6) is -1.56. The molecule has 0 heterocycles. The molecule has 1 nitrogen and oxygen atoms in total. The van der Waals surface area contributed by atoms with Crippen LogP contribution >= 0.6 is 15.9 Å². The molecule has 1 aromatic carbocycles. The fourth-order valence-corrected chi connectivity index (χ4v) is 2.17. The number of hydrogen-bond acceptors (Lipinski definition) is 1. The molecule has 0 spiro atoms. The minimum atomic E-state index is -0.677. The van der Waals surface area contributed by atoms with E-state index in [4.69, 9.17) is 0 Å². The maximum Gasteiger partial charge on any atom is 0.143 e. The monoisotopic (exact) mass is 304 g/mol. The van der Waals surface area contributed by atoms with Crippen LogP contribution < -0.4 is 0 Å². The van der Waals surface area contributed by atoms with Crippen LogP contribution in [0.3, 0.4) is 0 Å². The smallest absolute Gasteiger partial charge is 0.143 e. The number of benzene rings is 1. The highest BCUT2D eigenvalue weighted by atomic mass is 79.9. The Morgan fingerprint density at radius 2 is 1.88 bits per heavy atom. The van der Waals surface area contributed by atoms with Gasteiger partial charge in [-0.1, -0.05) is 13.8 Å². The second kappa shape index (κ2) is 6.24. The molecule has 0 fully saturated rings. The molecule has 0 aromatic heterocycles. The molecule has 94 valence electrons. The van der Waals surface area contributed by atoms with Crippen molar-refractivity contribution < 1.29 is 13.6 Å². The van der Waals surface area contributed by atoms with Gasteiger partial charge in [-0.25, -0.2) is 8.78 Å². The number of halogens is 3. The molecular formula is C13H15BrF2O. The lowest BCUT2D eigenvalue weighted by Crippen LogP contribution is -2.17. The van der Waals surface area contributed by atoms with E-state index in [0.717, 1.165) is 0 Å². The molecule has 0 aliphatic rings. The molecule has 0 bridgehead atoms. The second-order valence-corrected chi connectivity index (χ2v) is 4.83. The molecule has 0 radical (unpaired) electrons. The van der Waals surface area contributed by atoms with Crippen molar-refractivity contribution in [2.45, 2.75) is 33.1 Å². The van der Waals surface area contributed by atoms with E-state index in [1.165, 1.54) is 12.1 Å². The predicted molar refractivity (Wildman–Crippen MR) is 66.8 cm³/mol. The summed E-state index contributed by atoms with van der Waals surface area (Å²) in [4.78, 5) is 11.8. The van der Waals surface area contributed by atoms with Gasteiger partial charge in [-0.15, -0.1) is 0 Å². The van der Waals surface area contributed by atoms with E-state index in [1.54, 1.807) is 0 Å². The summed E-state index contributed by atoms with van der Waals surface area (Å²) in [6.45, 7) is 3.80. The Bertz CT molecular complexity index is 414. The molecule has 0 saturated carbocycles. The molecule has 0 N–H and O–H groups in total. The van der Waals surface area contributed by atoms with Crippen molar-refractivity contribution in [1.29, 1.82) is 0 Å². The minimum Gasteiger partial charge on any atom is -0.299 e. The lowest BCUT2D eigenvalue weighted by Gasteiger charge is -2.12. The lowest BCUT2D eigenvalue weighted by molar-refractivity contribution is -0.122. The summed E-state index contributed by atoms with van der Waals surface area (Å²) in [6, 6.07) is 2.47.